The van der Waals surface area contributed by atoms with Crippen molar-refractivity contribution in [2.45, 2.75) is 31.8 Å². The van der Waals surface area contributed by atoms with Crippen molar-refractivity contribution in [3.05, 3.63) is 35.9 Å². The summed E-state index contributed by atoms with van der Waals surface area (Å²) in [5.41, 5.74) is 7.51. The number of nitrogens with two attached hydrogens (primary N) is 1. The Hall–Kier alpha value is -0.860. The minimum absolute atomic E-state index is 0.466. The third kappa shape index (κ3) is 2.53. The second kappa shape index (κ2) is 4.79. The lowest BCUT2D eigenvalue weighted by atomic mass is 9.79. The van der Waals surface area contributed by atoms with Gasteiger partial charge in [0.1, 0.15) is 0 Å². The molecule has 1 saturated carbocycles. The van der Waals surface area contributed by atoms with E-state index in [1.165, 1.54) is 37.9 Å². The molecule has 0 aromatic heterocycles. The third-order valence-corrected chi connectivity index (χ3v) is 4.41. The van der Waals surface area contributed by atoms with Crippen LogP contribution in [0.5, 0.6) is 0 Å². The summed E-state index contributed by atoms with van der Waals surface area (Å²) in [5, 5.41) is 0. The van der Waals surface area contributed by atoms with Crippen LogP contribution in [0, 0.1) is 11.8 Å². The molecule has 1 aromatic carbocycles. The van der Waals surface area contributed by atoms with Gasteiger partial charge in [-0.1, -0.05) is 30.3 Å². The lowest BCUT2D eigenvalue weighted by molar-refractivity contribution is 0.271. The normalized spacial score (nSPS) is 33.6. The SMILES string of the molecule is N[C@H]1CC[C@@H]2CN(Cc3ccccc3)C[C@@H]2C1. The van der Waals surface area contributed by atoms with Gasteiger partial charge < -0.3 is 5.73 Å². The van der Waals surface area contributed by atoms with E-state index in [-0.39, 0.29) is 0 Å². The van der Waals surface area contributed by atoms with Gasteiger partial charge in [0.25, 0.3) is 0 Å². The second-order valence-corrected chi connectivity index (χ2v) is 5.77. The maximum atomic E-state index is 6.07. The average Bonchev–Trinajstić information content (AvgIpc) is 2.71. The summed E-state index contributed by atoms with van der Waals surface area (Å²) in [6.45, 7) is 3.66. The van der Waals surface area contributed by atoms with Gasteiger partial charge in [-0.25, -0.2) is 0 Å². The van der Waals surface area contributed by atoms with E-state index in [0.29, 0.717) is 6.04 Å². The van der Waals surface area contributed by atoms with Crippen LogP contribution in [-0.2, 0) is 6.54 Å². The molecule has 1 heterocycles. The Labute approximate surface area is 104 Å². The first-order valence-electron chi connectivity index (χ1n) is 6.83. The Morgan fingerprint density at radius 1 is 1.06 bits per heavy atom. The van der Waals surface area contributed by atoms with E-state index >= 15 is 0 Å². The van der Waals surface area contributed by atoms with E-state index in [0.717, 1.165) is 18.4 Å². The smallest absolute Gasteiger partial charge is 0.0233 e. The zero-order valence-corrected chi connectivity index (χ0v) is 10.4. The quantitative estimate of drug-likeness (QED) is 0.844. The van der Waals surface area contributed by atoms with Crippen molar-refractivity contribution in [2.24, 2.45) is 17.6 Å². The van der Waals surface area contributed by atoms with Crippen LogP contribution in [0.3, 0.4) is 0 Å². The molecular formula is C15H22N2. The summed E-state index contributed by atoms with van der Waals surface area (Å²) in [6.07, 6.45) is 3.83. The monoisotopic (exact) mass is 230 g/mol. The molecular weight excluding hydrogens is 208 g/mol. The Kier molecular flexibility index (Phi) is 3.17. The number of nitrogens with zero attached hydrogens (tertiary/aromatic N) is 1. The summed E-state index contributed by atoms with van der Waals surface area (Å²) < 4.78 is 0. The molecule has 17 heavy (non-hydrogen) atoms. The van der Waals surface area contributed by atoms with Gasteiger partial charge in [-0.2, -0.15) is 0 Å². The van der Waals surface area contributed by atoms with Crippen molar-refractivity contribution in [3.8, 4) is 0 Å². The molecule has 2 aliphatic rings. The lowest BCUT2D eigenvalue weighted by Gasteiger charge is -2.28. The highest BCUT2D eigenvalue weighted by atomic mass is 15.2. The molecule has 3 atom stereocenters. The highest BCUT2D eigenvalue weighted by Gasteiger charge is 2.36. The van der Waals surface area contributed by atoms with Crippen LogP contribution < -0.4 is 5.73 Å². The molecule has 0 radical (unpaired) electrons. The largest absolute Gasteiger partial charge is 0.328 e. The Bertz CT molecular complexity index is 362. The molecule has 1 saturated heterocycles. The molecule has 1 aliphatic heterocycles. The first kappa shape index (κ1) is 11.2. The molecule has 92 valence electrons. The molecule has 2 N–H and O–H groups in total. The Balaban J connectivity index is 1.60. The standard InChI is InChI=1S/C15H22N2/c16-15-7-6-13-10-17(11-14(13)8-15)9-12-4-2-1-3-5-12/h1-5,13-15H,6-11,16H2/t13-,14+,15+/m1/s1. The minimum atomic E-state index is 0.466. The first-order chi connectivity index (χ1) is 8.31. The third-order valence-electron chi connectivity index (χ3n) is 4.41. The predicted molar refractivity (Wildman–Crippen MR) is 70.5 cm³/mol. The maximum absolute atomic E-state index is 6.07. The summed E-state index contributed by atoms with van der Waals surface area (Å²) in [4.78, 5) is 2.61. The zero-order chi connectivity index (χ0) is 11.7. The summed E-state index contributed by atoms with van der Waals surface area (Å²) >= 11 is 0. The molecule has 3 rings (SSSR count). The lowest BCUT2D eigenvalue weighted by Crippen LogP contribution is -2.32. The van der Waals surface area contributed by atoms with Gasteiger partial charge in [0, 0.05) is 25.7 Å². The highest BCUT2D eigenvalue weighted by molar-refractivity contribution is 5.14. The van der Waals surface area contributed by atoms with Crippen LogP contribution in [0.4, 0.5) is 0 Å². The average molecular weight is 230 g/mol. The molecule has 0 bridgehead atoms. The molecule has 1 aliphatic carbocycles. The number of hydrogen-bond acceptors (Lipinski definition) is 2. The molecule has 2 fully saturated rings. The van der Waals surface area contributed by atoms with Crippen LogP contribution in [0.15, 0.2) is 30.3 Å². The molecule has 2 nitrogen and oxygen atoms in total. The van der Waals surface area contributed by atoms with Gasteiger partial charge >= 0.3 is 0 Å². The predicted octanol–water partition coefficient (Wildman–Crippen LogP) is 2.25. The molecule has 0 amide bonds. The summed E-state index contributed by atoms with van der Waals surface area (Å²) in [6, 6.07) is 11.3. The fourth-order valence-electron chi connectivity index (χ4n) is 3.54. The number of fused-ring (bicyclic) bond motifs is 1. The number of likely N-dealkylation sites (tertiary alicyclic amines) is 1. The van der Waals surface area contributed by atoms with E-state index in [1.54, 1.807) is 0 Å². The molecule has 0 unspecified atom stereocenters. The summed E-state index contributed by atoms with van der Waals surface area (Å²) in [7, 11) is 0. The number of rotatable bonds is 2. The minimum Gasteiger partial charge on any atom is -0.328 e. The van der Waals surface area contributed by atoms with Crippen LogP contribution in [0.25, 0.3) is 0 Å². The number of benzene rings is 1. The van der Waals surface area contributed by atoms with Crippen LogP contribution in [0.1, 0.15) is 24.8 Å². The van der Waals surface area contributed by atoms with Gasteiger partial charge in [0.05, 0.1) is 0 Å². The van der Waals surface area contributed by atoms with Crippen LogP contribution >= 0.6 is 0 Å². The Morgan fingerprint density at radius 3 is 2.65 bits per heavy atom. The van der Waals surface area contributed by atoms with E-state index in [1.807, 2.05) is 0 Å². The molecule has 2 heteroatoms. The van der Waals surface area contributed by atoms with Crippen molar-refractivity contribution in [2.75, 3.05) is 13.1 Å². The van der Waals surface area contributed by atoms with Crippen molar-refractivity contribution in [1.82, 2.24) is 4.90 Å². The van der Waals surface area contributed by atoms with Crippen molar-refractivity contribution in [1.29, 1.82) is 0 Å². The van der Waals surface area contributed by atoms with E-state index < -0.39 is 0 Å². The Morgan fingerprint density at radius 2 is 1.82 bits per heavy atom. The van der Waals surface area contributed by atoms with Gasteiger partial charge in [0.2, 0.25) is 0 Å². The van der Waals surface area contributed by atoms with Gasteiger partial charge in [-0.3, -0.25) is 4.90 Å². The van der Waals surface area contributed by atoms with E-state index in [4.69, 9.17) is 5.73 Å². The first-order valence-corrected chi connectivity index (χ1v) is 6.83. The van der Waals surface area contributed by atoms with Crippen molar-refractivity contribution >= 4 is 0 Å². The number of hydrogen-bond donors (Lipinski definition) is 1. The fourth-order valence-corrected chi connectivity index (χ4v) is 3.54. The zero-order valence-electron chi connectivity index (χ0n) is 10.4. The van der Waals surface area contributed by atoms with E-state index in [2.05, 4.69) is 35.2 Å². The van der Waals surface area contributed by atoms with E-state index in [9.17, 15) is 0 Å². The summed E-state index contributed by atoms with van der Waals surface area (Å²) in [5.74, 6) is 1.78. The second-order valence-electron chi connectivity index (χ2n) is 5.77. The molecule has 1 aromatic rings. The van der Waals surface area contributed by atoms with Gasteiger partial charge in [-0.15, -0.1) is 0 Å². The van der Waals surface area contributed by atoms with Gasteiger partial charge in [0.15, 0.2) is 0 Å². The highest BCUT2D eigenvalue weighted by Crippen LogP contribution is 2.36. The van der Waals surface area contributed by atoms with Crippen LogP contribution in [0.2, 0.25) is 0 Å². The van der Waals surface area contributed by atoms with Crippen molar-refractivity contribution < 1.29 is 0 Å². The fraction of sp³-hybridized carbons (Fsp3) is 0.600. The van der Waals surface area contributed by atoms with Crippen LogP contribution in [-0.4, -0.2) is 24.0 Å². The van der Waals surface area contributed by atoms with Gasteiger partial charge in [-0.05, 0) is 36.7 Å². The topological polar surface area (TPSA) is 29.3 Å². The maximum Gasteiger partial charge on any atom is 0.0233 e. The van der Waals surface area contributed by atoms with Crippen molar-refractivity contribution in [3.63, 3.8) is 0 Å². The molecule has 0 spiro atoms.